The van der Waals surface area contributed by atoms with Crippen molar-refractivity contribution < 1.29 is 13.2 Å². The van der Waals surface area contributed by atoms with Gasteiger partial charge in [0.05, 0.1) is 10.6 Å². The fourth-order valence-electron chi connectivity index (χ4n) is 3.06. The van der Waals surface area contributed by atoms with Crippen LogP contribution in [-0.4, -0.2) is 32.5 Å². The monoisotopic (exact) mass is 445 g/mol. The minimum absolute atomic E-state index is 0.106. The van der Waals surface area contributed by atoms with E-state index in [2.05, 4.69) is 28.0 Å². The van der Waals surface area contributed by atoms with E-state index in [0.717, 1.165) is 24.2 Å². The summed E-state index contributed by atoms with van der Waals surface area (Å²) in [6.45, 7) is 4.74. The van der Waals surface area contributed by atoms with Gasteiger partial charge in [0, 0.05) is 23.5 Å². The highest BCUT2D eigenvalue weighted by Crippen LogP contribution is 2.22. The number of anilines is 1. The summed E-state index contributed by atoms with van der Waals surface area (Å²) in [5, 5.41) is 2.78. The number of benzene rings is 2. The second-order valence-electron chi connectivity index (χ2n) is 7.36. The lowest BCUT2D eigenvalue weighted by molar-refractivity contribution is -0.113. The fourth-order valence-corrected chi connectivity index (χ4v) is 4.99. The van der Waals surface area contributed by atoms with E-state index in [1.54, 1.807) is 12.1 Å². The van der Waals surface area contributed by atoms with E-state index in [0.29, 0.717) is 24.5 Å². The molecule has 0 atom stereocenters. The van der Waals surface area contributed by atoms with Gasteiger partial charge in [-0.2, -0.15) is 0 Å². The summed E-state index contributed by atoms with van der Waals surface area (Å²) in [4.78, 5) is 17.8. The van der Waals surface area contributed by atoms with E-state index in [1.165, 1.54) is 35.0 Å². The lowest BCUT2D eigenvalue weighted by atomic mass is 10.1. The highest BCUT2D eigenvalue weighted by Gasteiger charge is 2.18. The first kappa shape index (κ1) is 22.4. The van der Waals surface area contributed by atoms with Gasteiger partial charge in [-0.3, -0.25) is 14.5 Å². The number of carbonyl (C=O) groups excluding carboxylic acids is 1. The first-order valence-electron chi connectivity index (χ1n) is 9.99. The smallest absolute Gasteiger partial charge is 0.262 e. The third-order valence-electron chi connectivity index (χ3n) is 4.90. The van der Waals surface area contributed by atoms with Crippen LogP contribution in [0.25, 0.3) is 0 Å². The van der Waals surface area contributed by atoms with Crippen molar-refractivity contribution in [2.24, 2.45) is 4.99 Å². The number of hydrogen-bond donors (Lipinski definition) is 2. The summed E-state index contributed by atoms with van der Waals surface area (Å²) in [6, 6.07) is 12.4. The molecule has 30 heavy (non-hydrogen) atoms. The molecule has 3 rings (SSSR count). The molecule has 8 heteroatoms. The normalized spacial score (nSPS) is 14.5. The van der Waals surface area contributed by atoms with Gasteiger partial charge < -0.3 is 5.32 Å². The SMILES string of the molecule is Cc1ccc(SCC(=O)Nc2cccc(S(=O)(=O)NC3=NCCCCC3)c2)cc1C. The molecule has 160 valence electrons. The lowest BCUT2D eigenvalue weighted by Crippen LogP contribution is -2.30. The van der Waals surface area contributed by atoms with Crippen molar-refractivity contribution in [3.8, 4) is 0 Å². The number of nitrogens with zero attached hydrogens (tertiary/aromatic N) is 1. The zero-order valence-electron chi connectivity index (χ0n) is 17.3. The number of nitrogens with one attached hydrogen (secondary N) is 2. The number of sulfonamides is 1. The van der Waals surface area contributed by atoms with Gasteiger partial charge in [-0.15, -0.1) is 11.8 Å². The highest BCUT2D eigenvalue weighted by atomic mass is 32.2. The quantitative estimate of drug-likeness (QED) is 0.650. The molecule has 1 aliphatic heterocycles. The maximum atomic E-state index is 12.7. The van der Waals surface area contributed by atoms with Gasteiger partial charge in [-0.25, -0.2) is 8.42 Å². The molecule has 2 aromatic rings. The Morgan fingerprint density at radius 3 is 2.70 bits per heavy atom. The van der Waals surface area contributed by atoms with Crippen LogP contribution in [0.15, 0.2) is 57.2 Å². The Morgan fingerprint density at radius 1 is 1.07 bits per heavy atom. The number of amides is 1. The highest BCUT2D eigenvalue weighted by molar-refractivity contribution is 8.00. The molecular formula is C22H27N3O3S2. The van der Waals surface area contributed by atoms with Crippen LogP contribution in [0, 0.1) is 13.8 Å². The van der Waals surface area contributed by atoms with Gasteiger partial charge in [0.2, 0.25) is 5.91 Å². The van der Waals surface area contributed by atoms with E-state index in [1.807, 2.05) is 19.1 Å². The number of aliphatic imine (C=N–C) groups is 1. The molecule has 0 fully saturated rings. The zero-order chi connectivity index (χ0) is 21.6. The van der Waals surface area contributed by atoms with Crippen LogP contribution >= 0.6 is 11.8 Å². The molecule has 2 aromatic carbocycles. The van der Waals surface area contributed by atoms with Crippen LogP contribution in [-0.2, 0) is 14.8 Å². The molecule has 6 nitrogen and oxygen atoms in total. The van der Waals surface area contributed by atoms with Crippen molar-refractivity contribution in [2.75, 3.05) is 17.6 Å². The second-order valence-corrected chi connectivity index (χ2v) is 10.1. The summed E-state index contributed by atoms with van der Waals surface area (Å²) in [5.41, 5.74) is 2.85. The van der Waals surface area contributed by atoms with Gasteiger partial charge >= 0.3 is 0 Å². The van der Waals surface area contributed by atoms with Crippen molar-refractivity contribution >= 4 is 39.2 Å². The number of amidine groups is 1. The number of rotatable bonds is 6. The van der Waals surface area contributed by atoms with Gasteiger partial charge in [0.15, 0.2) is 0 Å². The molecule has 0 saturated heterocycles. The van der Waals surface area contributed by atoms with E-state index in [4.69, 9.17) is 0 Å². The molecular weight excluding hydrogens is 418 g/mol. The van der Waals surface area contributed by atoms with Crippen LogP contribution in [0.4, 0.5) is 5.69 Å². The van der Waals surface area contributed by atoms with Crippen LogP contribution in [0.1, 0.15) is 36.8 Å². The van der Waals surface area contributed by atoms with E-state index >= 15 is 0 Å². The van der Waals surface area contributed by atoms with Crippen LogP contribution in [0.2, 0.25) is 0 Å². The molecule has 0 spiro atoms. The Hall–Kier alpha value is -2.32. The Bertz CT molecular complexity index is 1050. The van der Waals surface area contributed by atoms with E-state index in [-0.39, 0.29) is 16.6 Å². The molecule has 1 amide bonds. The summed E-state index contributed by atoms with van der Waals surface area (Å²) >= 11 is 1.45. The maximum Gasteiger partial charge on any atom is 0.262 e. The zero-order valence-corrected chi connectivity index (χ0v) is 18.9. The molecule has 0 radical (unpaired) electrons. The average molecular weight is 446 g/mol. The Labute approximate surface area is 182 Å². The van der Waals surface area contributed by atoms with Gasteiger partial charge in [-0.05, 0) is 68.1 Å². The predicted molar refractivity (Wildman–Crippen MR) is 123 cm³/mol. The van der Waals surface area contributed by atoms with Crippen molar-refractivity contribution in [1.29, 1.82) is 0 Å². The number of carbonyl (C=O) groups is 1. The molecule has 2 N–H and O–H groups in total. The van der Waals surface area contributed by atoms with Crippen LogP contribution in [0.5, 0.6) is 0 Å². The summed E-state index contributed by atoms with van der Waals surface area (Å²) in [6.07, 6.45) is 3.59. The molecule has 0 aliphatic carbocycles. The first-order chi connectivity index (χ1) is 14.3. The van der Waals surface area contributed by atoms with E-state index < -0.39 is 10.0 Å². The minimum Gasteiger partial charge on any atom is -0.325 e. The molecule has 1 aliphatic rings. The first-order valence-corrected chi connectivity index (χ1v) is 12.5. The average Bonchev–Trinajstić information content (AvgIpc) is 2.97. The number of thioether (sulfide) groups is 1. The molecule has 0 unspecified atom stereocenters. The number of aryl methyl sites for hydroxylation is 2. The standard InChI is InChI=1S/C22H27N3O3S2/c1-16-10-11-19(13-17(16)2)29-15-22(26)24-18-7-6-8-20(14-18)30(27,28)25-21-9-4-3-5-12-23-21/h6-8,10-11,13-14H,3-5,9,12,15H2,1-2H3,(H,23,25)(H,24,26). The predicted octanol–water partition coefficient (Wildman–Crippen LogP) is 4.29. The maximum absolute atomic E-state index is 12.7. The topological polar surface area (TPSA) is 87.6 Å². The molecule has 1 heterocycles. The van der Waals surface area contributed by atoms with Gasteiger partial charge in [0.25, 0.3) is 10.0 Å². The van der Waals surface area contributed by atoms with Crippen LogP contribution < -0.4 is 10.0 Å². The van der Waals surface area contributed by atoms with Crippen molar-refractivity contribution in [2.45, 2.75) is 49.3 Å². The van der Waals surface area contributed by atoms with Crippen molar-refractivity contribution in [3.05, 3.63) is 53.6 Å². The fraction of sp³-hybridized carbons (Fsp3) is 0.364. The largest absolute Gasteiger partial charge is 0.325 e. The lowest BCUT2D eigenvalue weighted by Gasteiger charge is -2.11. The van der Waals surface area contributed by atoms with Crippen molar-refractivity contribution in [1.82, 2.24) is 4.72 Å². The molecule has 0 aromatic heterocycles. The van der Waals surface area contributed by atoms with Gasteiger partial charge in [-0.1, -0.05) is 18.6 Å². The Balaban J connectivity index is 1.62. The molecule has 0 saturated carbocycles. The summed E-state index contributed by atoms with van der Waals surface area (Å²) in [5.74, 6) is 0.565. The Kier molecular flexibility index (Phi) is 7.55. The summed E-state index contributed by atoms with van der Waals surface area (Å²) in [7, 11) is -3.74. The minimum atomic E-state index is -3.74. The van der Waals surface area contributed by atoms with Crippen LogP contribution in [0.3, 0.4) is 0 Å². The third kappa shape index (κ3) is 6.34. The number of hydrogen-bond acceptors (Lipinski definition) is 5. The summed E-state index contributed by atoms with van der Waals surface area (Å²) < 4.78 is 28.0. The second kappa shape index (κ2) is 10.1. The van der Waals surface area contributed by atoms with Gasteiger partial charge in [0.1, 0.15) is 5.84 Å². The van der Waals surface area contributed by atoms with Crippen molar-refractivity contribution in [3.63, 3.8) is 0 Å². The third-order valence-corrected chi connectivity index (χ3v) is 7.28. The Morgan fingerprint density at radius 2 is 1.90 bits per heavy atom. The molecule has 0 bridgehead atoms. The van der Waals surface area contributed by atoms with E-state index in [9.17, 15) is 13.2 Å².